The van der Waals surface area contributed by atoms with Crippen LogP contribution in [-0.4, -0.2) is 53.7 Å². The van der Waals surface area contributed by atoms with Crippen molar-refractivity contribution in [3.63, 3.8) is 0 Å². The van der Waals surface area contributed by atoms with Crippen LogP contribution in [0.3, 0.4) is 0 Å². The van der Waals surface area contributed by atoms with Crippen LogP contribution in [0.4, 0.5) is 4.39 Å². The Morgan fingerprint density at radius 2 is 1.92 bits per heavy atom. The molecule has 0 fully saturated rings. The molecule has 8 heteroatoms. The van der Waals surface area contributed by atoms with Crippen LogP contribution in [-0.2, 0) is 16.1 Å². The highest BCUT2D eigenvalue weighted by Crippen LogP contribution is 2.14. The third-order valence-corrected chi connectivity index (χ3v) is 3.42. The fourth-order valence-corrected chi connectivity index (χ4v) is 2.21. The molecule has 1 aromatic heterocycles. The molecule has 1 amide bonds. The largest absolute Gasteiger partial charge is 0.480 e. The molecule has 26 heavy (non-hydrogen) atoms. The highest BCUT2D eigenvalue weighted by Gasteiger charge is 2.20. The van der Waals surface area contributed by atoms with Crippen LogP contribution < -0.4 is 4.74 Å². The summed E-state index contributed by atoms with van der Waals surface area (Å²) in [5.74, 6) is -1.80. The van der Waals surface area contributed by atoms with E-state index < -0.39 is 24.2 Å². The van der Waals surface area contributed by atoms with E-state index in [0.29, 0.717) is 12.2 Å². The molecular weight excluding hydrogens is 343 g/mol. The number of carboxylic acids is 1. The number of benzene rings is 1. The molecule has 1 aromatic carbocycles. The van der Waals surface area contributed by atoms with E-state index in [1.807, 2.05) is 0 Å². The molecule has 0 saturated carbocycles. The summed E-state index contributed by atoms with van der Waals surface area (Å²) < 4.78 is 23.3. The molecular formula is C18H19FN2O5. The number of hydrogen-bond donors (Lipinski definition) is 1. The summed E-state index contributed by atoms with van der Waals surface area (Å²) in [4.78, 5) is 29.0. The number of carbonyl (C=O) groups excluding carboxylic acids is 1. The summed E-state index contributed by atoms with van der Waals surface area (Å²) in [6.07, 6.45) is 1.41. The van der Waals surface area contributed by atoms with Gasteiger partial charge in [-0.15, -0.1) is 0 Å². The molecule has 2 aromatic rings. The van der Waals surface area contributed by atoms with E-state index in [0.717, 1.165) is 4.90 Å². The van der Waals surface area contributed by atoms with Gasteiger partial charge in [0.05, 0.1) is 6.61 Å². The summed E-state index contributed by atoms with van der Waals surface area (Å²) in [7, 11) is 1.54. The molecule has 0 aliphatic rings. The molecule has 1 N–H and O–H groups in total. The van der Waals surface area contributed by atoms with Crippen LogP contribution in [0.15, 0.2) is 42.6 Å². The van der Waals surface area contributed by atoms with Crippen molar-refractivity contribution in [2.45, 2.75) is 6.54 Å². The first-order valence-corrected chi connectivity index (χ1v) is 7.83. The van der Waals surface area contributed by atoms with E-state index in [4.69, 9.17) is 14.6 Å². The van der Waals surface area contributed by atoms with Gasteiger partial charge in [0.25, 0.3) is 5.91 Å². The maximum atomic E-state index is 13.0. The monoisotopic (exact) mass is 362 g/mol. The number of halogens is 1. The Morgan fingerprint density at radius 3 is 2.58 bits per heavy atom. The summed E-state index contributed by atoms with van der Waals surface area (Å²) in [5.41, 5.74) is 0.863. The van der Waals surface area contributed by atoms with Gasteiger partial charge in [-0.2, -0.15) is 0 Å². The summed E-state index contributed by atoms with van der Waals surface area (Å²) in [5, 5.41) is 9.09. The number of rotatable bonds is 9. The van der Waals surface area contributed by atoms with Gasteiger partial charge < -0.3 is 19.5 Å². The maximum Gasteiger partial charge on any atom is 0.323 e. The number of aromatic nitrogens is 1. The molecule has 1 heterocycles. The van der Waals surface area contributed by atoms with Gasteiger partial charge in [0, 0.05) is 31.5 Å². The summed E-state index contributed by atoms with van der Waals surface area (Å²) in [6, 6.07) is 8.44. The Labute approximate surface area is 150 Å². The van der Waals surface area contributed by atoms with Crippen molar-refractivity contribution in [2.24, 2.45) is 0 Å². The molecule has 0 unspecified atom stereocenters. The van der Waals surface area contributed by atoms with Crippen LogP contribution in [0.5, 0.6) is 5.88 Å². The van der Waals surface area contributed by atoms with Crippen LogP contribution in [0.1, 0.15) is 15.9 Å². The lowest BCUT2D eigenvalue weighted by molar-refractivity contribution is -0.137. The van der Waals surface area contributed by atoms with Gasteiger partial charge in [0.15, 0.2) is 0 Å². The number of amides is 1. The predicted octanol–water partition coefficient (Wildman–Crippen LogP) is 1.97. The fraction of sp³-hybridized carbons (Fsp3) is 0.278. The number of pyridine rings is 1. The molecule has 0 aliphatic heterocycles. The smallest absolute Gasteiger partial charge is 0.323 e. The van der Waals surface area contributed by atoms with Gasteiger partial charge in [0.1, 0.15) is 19.0 Å². The Hall–Kier alpha value is -3.00. The molecule has 0 aliphatic carbocycles. The third kappa shape index (κ3) is 5.82. The first kappa shape index (κ1) is 19.3. The SMILES string of the molecule is COCCOc1cc(C(=O)N(CC(=O)O)Cc2ccc(F)cc2)ccn1. The van der Waals surface area contributed by atoms with Crippen molar-refractivity contribution in [3.05, 3.63) is 59.5 Å². The minimum atomic E-state index is -1.15. The van der Waals surface area contributed by atoms with E-state index in [9.17, 15) is 14.0 Å². The number of hydrogen-bond acceptors (Lipinski definition) is 5. The number of ether oxygens (including phenoxy) is 2. The average molecular weight is 362 g/mol. The highest BCUT2D eigenvalue weighted by molar-refractivity contribution is 5.96. The summed E-state index contributed by atoms with van der Waals surface area (Å²) >= 11 is 0. The minimum absolute atomic E-state index is 0.0353. The molecule has 0 spiro atoms. The zero-order chi connectivity index (χ0) is 18.9. The van der Waals surface area contributed by atoms with Crippen LogP contribution in [0.25, 0.3) is 0 Å². The van der Waals surface area contributed by atoms with Crippen molar-refractivity contribution < 1.29 is 28.6 Å². The van der Waals surface area contributed by atoms with Gasteiger partial charge in [-0.3, -0.25) is 9.59 Å². The lowest BCUT2D eigenvalue weighted by Crippen LogP contribution is -2.35. The molecule has 2 rings (SSSR count). The summed E-state index contributed by atoms with van der Waals surface area (Å²) in [6.45, 7) is 0.192. The number of methoxy groups -OCH3 is 1. The average Bonchev–Trinajstić information content (AvgIpc) is 2.62. The van der Waals surface area contributed by atoms with Crippen molar-refractivity contribution >= 4 is 11.9 Å². The van der Waals surface area contributed by atoms with E-state index in [1.165, 1.54) is 49.7 Å². The van der Waals surface area contributed by atoms with Crippen molar-refractivity contribution in [2.75, 3.05) is 26.9 Å². The van der Waals surface area contributed by atoms with Gasteiger partial charge in [-0.1, -0.05) is 12.1 Å². The molecule has 7 nitrogen and oxygen atoms in total. The van der Waals surface area contributed by atoms with Gasteiger partial charge in [-0.05, 0) is 23.8 Å². The Morgan fingerprint density at radius 1 is 1.19 bits per heavy atom. The van der Waals surface area contributed by atoms with E-state index in [1.54, 1.807) is 0 Å². The molecule has 0 bridgehead atoms. The number of nitrogens with zero attached hydrogens (tertiary/aromatic N) is 2. The van der Waals surface area contributed by atoms with Gasteiger partial charge in [0.2, 0.25) is 5.88 Å². The fourth-order valence-electron chi connectivity index (χ4n) is 2.21. The molecule has 0 saturated heterocycles. The molecule has 0 atom stereocenters. The predicted molar refractivity (Wildman–Crippen MR) is 90.4 cm³/mol. The second-order valence-corrected chi connectivity index (χ2v) is 5.41. The van der Waals surface area contributed by atoms with Crippen molar-refractivity contribution in [1.82, 2.24) is 9.88 Å². The normalized spacial score (nSPS) is 10.4. The number of aliphatic carboxylic acids is 1. The Balaban J connectivity index is 2.16. The van der Waals surface area contributed by atoms with Crippen LogP contribution in [0.2, 0.25) is 0 Å². The molecule has 138 valence electrons. The van der Waals surface area contributed by atoms with Crippen LogP contribution >= 0.6 is 0 Å². The van der Waals surface area contributed by atoms with Crippen LogP contribution in [0, 0.1) is 5.82 Å². The Bertz CT molecular complexity index is 752. The second-order valence-electron chi connectivity index (χ2n) is 5.41. The van der Waals surface area contributed by atoms with E-state index in [2.05, 4.69) is 4.98 Å². The first-order valence-electron chi connectivity index (χ1n) is 7.83. The second kappa shape index (κ2) is 9.47. The lowest BCUT2D eigenvalue weighted by Gasteiger charge is -2.21. The maximum absolute atomic E-state index is 13.0. The lowest BCUT2D eigenvalue weighted by atomic mass is 10.1. The van der Waals surface area contributed by atoms with E-state index >= 15 is 0 Å². The van der Waals surface area contributed by atoms with E-state index in [-0.39, 0.29) is 24.6 Å². The number of carboxylic acid groups (broad SMARTS) is 1. The zero-order valence-electron chi connectivity index (χ0n) is 14.2. The Kier molecular flexibility index (Phi) is 7.04. The van der Waals surface area contributed by atoms with Gasteiger partial charge in [-0.25, -0.2) is 9.37 Å². The quantitative estimate of drug-likeness (QED) is 0.686. The number of carbonyl (C=O) groups is 2. The minimum Gasteiger partial charge on any atom is -0.480 e. The van der Waals surface area contributed by atoms with Crippen molar-refractivity contribution in [3.8, 4) is 5.88 Å². The zero-order valence-corrected chi connectivity index (χ0v) is 14.2. The highest BCUT2D eigenvalue weighted by atomic mass is 19.1. The molecule has 0 radical (unpaired) electrons. The van der Waals surface area contributed by atoms with Crippen molar-refractivity contribution in [1.29, 1.82) is 0 Å². The first-order chi connectivity index (χ1) is 12.5. The third-order valence-electron chi connectivity index (χ3n) is 3.42. The topological polar surface area (TPSA) is 89.0 Å². The van der Waals surface area contributed by atoms with Gasteiger partial charge >= 0.3 is 5.97 Å². The standard InChI is InChI=1S/C18H19FN2O5/c1-25-8-9-26-16-10-14(6-7-20-16)18(24)21(12-17(22)23)11-13-2-4-15(19)5-3-13/h2-7,10H,8-9,11-12H2,1H3,(H,22,23).